The van der Waals surface area contributed by atoms with Crippen LogP contribution in [0.25, 0.3) is 22.4 Å². The Kier molecular flexibility index (Phi) is 6.83. The minimum atomic E-state index is -0.727. The van der Waals surface area contributed by atoms with Crippen LogP contribution >= 0.6 is 0 Å². The highest BCUT2D eigenvalue weighted by atomic mass is 19.1. The summed E-state index contributed by atoms with van der Waals surface area (Å²) in [5.74, 6) is -1.50. The summed E-state index contributed by atoms with van der Waals surface area (Å²) in [6.45, 7) is 1.83. The van der Waals surface area contributed by atoms with E-state index in [1.165, 1.54) is 26.2 Å². The van der Waals surface area contributed by atoms with E-state index in [1.807, 2.05) is 24.3 Å². The quantitative estimate of drug-likeness (QED) is 0.371. The van der Waals surface area contributed by atoms with Crippen LogP contribution in [0.5, 0.6) is 5.88 Å². The Labute approximate surface area is 217 Å². The second-order valence-corrected chi connectivity index (χ2v) is 9.01. The number of hydrogen-bond donors (Lipinski definition) is 2. The third-order valence-electron chi connectivity index (χ3n) is 6.34. The predicted octanol–water partition coefficient (Wildman–Crippen LogP) is 4.76. The molecule has 7 nitrogen and oxygen atoms in total. The minimum absolute atomic E-state index is 0.0861. The van der Waals surface area contributed by atoms with E-state index < -0.39 is 17.7 Å². The third-order valence-corrected chi connectivity index (χ3v) is 6.34. The molecule has 3 heterocycles. The summed E-state index contributed by atoms with van der Waals surface area (Å²) in [5, 5.41) is 5.70. The molecule has 38 heavy (non-hydrogen) atoms. The second kappa shape index (κ2) is 10.4. The molecule has 0 saturated heterocycles. The molecule has 2 N–H and O–H groups in total. The average molecular weight is 515 g/mol. The number of nitrogens with one attached hydrogen (secondary N) is 2. The molecular formula is C29H24F2N4O3. The SMILES string of the molecule is COc1cc(-c2ccc(-c3ccc4c(c3)C(=O)NC4)c(C(Cc3cc(F)cc(F)c3)NC(C)=O)n2)ccn1. The van der Waals surface area contributed by atoms with Gasteiger partial charge >= 0.3 is 0 Å². The molecule has 192 valence electrons. The summed E-state index contributed by atoms with van der Waals surface area (Å²) in [6, 6.07) is 15.3. The molecule has 0 radical (unpaired) electrons. The lowest BCUT2D eigenvalue weighted by Crippen LogP contribution is -2.29. The van der Waals surface area contributed by atoms with Gasteiger partial charge in [-0.2, -0.15) is 0 Å². The Bertz CT molecular complexity index is 1540. The van der Waals surface area contributed by atoms with Crippen LogP contribution in [0.1, 0.15) is 40.1 Å². The molecule has 0 spiro atoms. The first-order valence-electron chi connectivity index (χ1n) is 12.0. The van der Waals surface area contributed by atoms with Crippen LogP contribution in [-0.2, 0) is 17.8 Å². The lowest BCUT2D eigenvalue weighted by molar-refractivity contribution is -0.119. The topological polar surface area (TPSA) is 93.2 Å². The van der Waals surface area contributed by atoms with Crippen molar-refractivity contribution in [3.63, 3.8) is 0 Å². The molecule has 1 unspecified atom stereocenters. The van der Waals surface area contributed by atoms with E-state index >= 15 is 0 Å². The van der Waals surface area contributed by atoms with Crippen LogP contribution in [0.4, 0.5) is 8.78 Å². The number of ether oxygens (including phenoxy) is 1. The van der Waals surface area contributed by atoms with Crippen LogP contribution in [0.15, 0.2) is 66.9 Å². The van der Waals surface area contributed by atoms with Gasteiger partial charge in [0.05, 0.1) is 24.5 Å². The van der Waals surface area contributed by atoms with Gasteiger partial charge in [-0.25, -0.2) is 18.7 Å². The molecule has 0 bridgehead atoms. The van der Waals surface area contributed by atoms with Gasteiger partial charge in [0.25, 0.3) is 5.91 Å². The summed E-state index contributed by atoms with van der Waals surface area (Å²) < 4.78 is 33.3. The number of rotatable bonds is 7. The lowest BCUT2D eigenvalue weighted by atomic mass is 9.93. The van der Waals surface area contributed by atoms with Crippen LogP contribution in [-0.4, -0.2) is 28.9 Å². The van der Waals surface area contributed by atoms with Gasteiger partial charge in [0.1, 0.15) is 11.6 Å². The normalized spacial score (nSPS) is 13.0. The maximum absolute atomic E-state index is 14.0. The lowest BCUT2D eigenvalue weighted by Gasteiger charge is -2.22. The van der Waals surface area contributed by atoms with E-state index in [4.69, 9.17) is 9.72 Å². The van der Waals surface area contributed by atoms with E-state index in [9.17, 15) is 18.4 Å². The Hall–Kier alpha value is -4.66. The van der Waals surface area contributed by atoms with Gasteiger partial charge < -0.3 is 15.4 Å². The van der Waals surface area contributed by atoms with E-state index in [1.54, 1.807) is 24.4 Å². The van der Waals surface area contributed by atoms with Crippen molar-refractivity contribution in [1.29, 1.82) is 0 Å². The van der Waals surface area contributed by atoms with Gasteiger partial charge in [-0.3, -0.25) is 9.59 Å². The molecule has 1 atom stereocenters. The maximum atomic E-state index is 14.0. The van der Waals surface area contributed by atoms with Gasteiger partial charge in [-0.05, 0) is 53.4 Å². The molecule has 0 aliphatic carbocycles. The summed E-state index contributed by atoms with van der Waals surface area (Å²) >= 11 is 0. The third kappa shape index (κ3) is 5.22. The highest BCUT2D eigenvalue weighted by Crippen LogP contribution is 2.34. The summed E-state index contributed by atoms with van der Waals surface area (Å²) in [6.07, 6.45) is 1.69. The van der Waals surface area contributed by atoms with E-state index in [-0.39, 0.29) is 18.2 Å². The molecule has 2 aromatic heterocycles. The average Bonchev–Trinajstić information content (AvgIpc) is 3.27. The first-order valence-corrected chi connectivity index (χ1v) is 12.0. The Morgan fingerprint density at radius 3 is 2.55 bits per heavy atom. The summed E-state index contributed by atoms with van der Waals surface area (Å²) in [4.78, 5) is 33.7. The fourth-order valence-corrected chi connectivity index (χ4v) is 4.63. The van der Waals surface area contributed by atoms with Crippen molar-refractivity contribution in [2.75, 3.05) is 7.11 Å². The van der Waals surface area contributed by atoms with E-state index in [2.05, 4.69) is 15.6 Å². The van der Waals surface area contributed by atoms with Crippen LogP contribution < -0.4 is 15.4 Å². The number of carbonyl (C=O) groups excluding carboxylic acids is 2. The second-order valence-electron chi connectivity index (χ2n) is 9.01. The molecule has 2 aromatic carbocycles. The standard InChI is InChI=1S/C29H24F2N4O3/c1-16(36)34-26(11-17-9-21(30)14-22(31)10-17)28-23(18-3-4-20-15-33-29(37)24(20)12-18)5-6-25(35-28)19-7-8-32-27(13-19)38-2/h3-10,12-14,26H,11,15H2,1-2H3,(H,33,37)(H,34,36). The number of hydrogen-bond acceptors (Lipinski definition) is 5. The molecule has 5 rings (SSSR count). The molecule has 9 heteroatoms. The summed E-state index contributed by atoms with van der Waals surface area (Å²) in [5.41, 5.74) is 5.02. The summed E-state index contributed by atoms with van der Waals surface area (Å²) in [7, 11) is 1.52. The van der Waals surface area contributed by atoms with Crippen molar-refractivity contribution in [2.45, 2.75) is 25.9 Å². The molecule has 1 aliphatic rings. The van der Waals surface area contributed by atoms with Crippen molar-refractivity contribution in [3.05, 3.63) is 101 Å². The molecule has 2 amide bonds. The number of methoxy groups -OCH3 is 1. The number of nitrogens with zero attached hydrogens (tertiary/aromatic N) is 2. The van der Waals surface area contributed by atoms with Gasteiger partial charge in [0, 0.05) is 48.5 Å². The van der Waals surface area contributed by atoms with Crippen LogP contribution in [0.2, 0.25) is 0 Å². The van der Waals surface area contributed by atoms with Gasteiger partial charge in [0.2, 0.25) is 11.8 Å². The monoisotopic (exact) mass is 514 g/mol. The molecule has 1 aliphatic heterocycles. The van der Waals surface area contributed by atoms with Crippen molar-refractivity contribution < 1.29 is 23.1 Å². The van der Waals surface area contributed by atoms with Crippen molar-refractivity contribution in [1.82, 2.24) is 20.6 Å². The number of halogens is 2. The smallest absolute Gasteiger partial charge is 0.251 e. The molecular weight excluding hydrogens is 490 g/mol. The van der Waals surface area contributed by atoms with Gasteiger partial charge in [-0.1, -0.05) is 18.2 Å². The Morgan fingerprint density at radius 1 is 1.03 bits per heavy atom. The first kappa shape index (κ1) is 25.0. The number of benzene rings is 2. The van der Waals surface area contributed by atoms with E-state index in [0.717, 1.165) is 22.8 Å². The number of pyridine rings is 2. The fourth-order valence-electron chi connectivity index (χ4n) is 4.63. The number of aromatic nitrogens is 2. The maximum Gasteiger partial charge on any atom is 0.251 e. The van der Waals surface area contributed by atoms with Crippen molar-refractivity contribution >= 4 is 11.8 Å². The number of carbonyl (C=O) groups is 2. The van der Waals surface area contributed by atoms with Crippen molar-refractivity contribution in [2.24, 2.45) is 0 Å². The van der Waals surface area contributed by atoms with Gasteiger partial charge in [0.15, 0.2) is 0 Å². The highest BCUT2D eigenvalue weighted by Gasteiger charge is 2.24. The predicted molar refractivity (Wildman–Crippen MR) is 137 cm³/mol. The molecule has 0 fully saturated rings. The van der Waals surface area contributed by atoms with Crippen LogP contribution in [0.3, 0.4) is 0 Å². The fraction of sp³-hybridized carbons (Fsp3) is 0.172. The zero-order valence-corrected chi connectivity index (χ0v) is 20.7. The zero-order valence-electron chi connectivity index (χ0n) is 20.7. The van der Waals surface area contributed by atoms with Crippen molar-refractivity contribution in [3.8, 4) is 28.3 Å². The minimum Gasteiger partial charge on any atom is -0.481 e. The first-order chi connectivity index (χ1) is 18.3. The van der Waals surface area contributed by atoms with Crippen LogP contribution in [0, 0.1) is 11.6 Å². The molecule has 0 saturated carbocycles. The Morgan fingerprint density at radius 2 is 1.82 bits per heavy atom. The van der Waals surface area contributed by atoms with E-state index in [0.29, 0.717) is 40.5 Å². The molecule has 4 aromatic rings. The van der Waals surface area contributed by atoms with Gasteiger partial charge in [-0.15, -0.1) is 0 Å². The largest absolute Gasteiger partial charge is 0.481 e. The highest BCUT2D eigenvalue weighted by molar-refractivity contribution is 5.99. The zero-order chi connectivity index (χ0) is 26.8. The number of fused-ring (bicyclic) bond motifs is 1. The Balaban J connectivity index is 1.67. The number of amides is 2.